The molecule has 4 nitrogen and oxygen atoms in total. The van der Waals surface area contributed by atoms with E-state index in [0.29, 0.717) is 12.5 Å². The number of urea groups is 1. The van der Waals surface area contributed by atoms with E-state index in [0.717, 1.165) is 31.6 Å². The Morgan fingerprint density at radius 3 is 2.58 bits per heavy atom. The van der Waals surface area contributed by atoms with Crippen LogP contribution in [-0.4, -0.2) is 25.7 Å². The predicted octanol–water partition coefficient (Wildman–Crippen LogP) is 3.90. The van der Waals surface area contributed by atoms with E-state index in [1.165, 1.54) is 11.3 Å². The normalized spacial score (nSPS) is 16.9. The Hall–Kier alpha value is -2.49. The third kappa shape index (κ3) is 4.28. The number of nitrogens with zero attached hydrogens (tertiary/aromatic N) is 1. The van der Waals surface area contributed by atoms with Crippen LogP contribution < -0.4 is 15.5 Å². The van der Waals surface area contributed by atoms with Crippen molar-refractivity contribution in [1.29, 1.82) is 0 Å². The van der Waals surface area contributed by atoms with Gasteiger partial charge in [0.15, 0.2) is 0 Å². The molecule has 0 aliphatic carbocycles. The molecule has 1 saturated heterocycles. The molecule has 1 heterocycles. The topological polar surface area (TPSA) is 44.4 Å². The van der Waals surface area contributed by atoms with Gasteiger partial charge in [0.1, 0.15) is 0 Å². The van der Waals surface area contributed by atoms with E-state index < -0.39 is 0 Å². The number of nitrogens with one attached hydrogen (secondary N) is 2. The second-order valence-corrected chi connectivity index (χ2v) is 6.32. The smallest absolute Gasteiger partial charge is 0.319 e. The van der Waals surface area contributed by atoms with Crippen molar-refractivity contribution in [2.24, 2.45) is 5.92 Å². The summed E-state index contributed by atoms with van der Waals surface area (Å²) in [6.07, 6.45) is 2.12. The van der Waals surface area contributed by atoms with Crippen LogP contribution in [0.25, 0.3) is 0 Å². The molecule has 0 aromatic heterocycles. The zero-order valence-corrected chi connectivity index (χ0v) is 14.2. The summed E-state index contributed by atoms with van der Waals surface area (Å²) >= 11 is 0. The molecule has 1 unspecified atom stereocenters. The van der Waals surface area contributed by atoms with Crippen LogP contribution in [0.5, 0.6) is 0 Å². The highest BCUT2D eigenvalue weighted by molar-refractivity contribution is 5.89. The van der Waals surface area contributed by atoms with E-state index in [-0.39, 0.29) is 6.03 Å². The lowest BCUT2D eigenvalue weighted by atomic mass is 10.1. The summed E-state index contributed by atoms with van der Waals surface area (Å²) in [5.41, 5.74) is 3.37. The average Bonchev–Trinajstić information content (AvgIpc) is 3.10. The van der Waals surface area contributed by atoms with E-state index in [4.69, 9.17) is 0 Å². The van der Waals surface area contributed by atoms with E-state index in [2.05, 4.69) is 46.7 Å². The Morgan fingerprint density at radius 1 is 1.12 bits per heavy atom. The highest BCUT2D eigenvalue weighted by Gasteiger charge is 2.22. The van der Waals surface area contributed by atoms with Crippen molar-refractivity contribution in [1.82, 2.24) is 5.32 Å². The minimum Gasteiger partial charge on any atom is -0.371 e. The van der Waals surface area contributed by atoms with Gasteiger partial charge in [-0.25, -0.2) is 4.79 Å². The van der Waals surface area contributed by atoms with Gasteiger partial charge in [-0.3, -0.25) is 0 Å². The van der Waals surface area contributed by atoms with Gasteiger partial charge in [-0.2, -0.15) is 0 Å². The molecule has 2 aromatic rings. The molecule has 0 spiro atoms. The number of aryl methyl sites for hydroxylation is 1. The first-order valence-corrected chi connectivity index (χ1v) is 8.68. The Balaban J connectivity index is 1.43. The van der Waals surface area contributed by atoms with Gasteiger partial charge < -0.3 is 15.5 Å². The number of hydrogen-bond acceptors (Lipinski definition) is 2. The highest BCUT2D eigenvalue weighted by Crippen LogP contribution is 2.22. The van der Waals surface area contributed by atoms with Crippen LogP contribution in [0, 0.1) is 5.92 Å². The fourth-order valence-corrected chi connectivity index (χ4v) is 3.11. The zero-order chi connectivity index (χ0) is 16.8. The van der Waals surface area contributed by atoms with Crippen molar-refractivity contribution in [3.63, 3.8) is 0 Å². The molecule has 2 aromatic carbocycles. The lowest BCUT2D eigenvalue weighted by Crippen LogP contribution is -2.34. The Bertz CT molecular complexity index is 654. The molecule has 0 saturated carbocycles. The van der Waals surface area contributed by atoms with Gasteiger partial charge in [0.25, 0.3) is 0 Å². The van der Waals surface area contributed by atoms with Crippen LogP contribution in [-0.2, 0) is 6.42 Å². The number of anilines is 2. The van der Waals surface area contributed by atoms with E-state index >= 15 is 0 Å². The Kier molecular flexibility index (Phi) is 5.36. The summed E-state index contributed by atoms with van der Waals surface area (Å²) in [4.78, 5) is 14.4. The first-order chi connectivity index (χ1) is 11.7. The van der Waals surface area contributed by atoms with Gasteiger partial charge in [-0.15, -0.1) is 0 Å². The van der Waals surface area contributed by atoms with Gasteiger partial charge in [-0.1, -0.05) is 37.3 Å². The van der Waals surface area contributed by atoms with E-state index in [1.54, 1.807) is 0 Å². The minimum atomic E-state index is -0.127. The molecule has 1 aliphatic rings. The van der Waals surface area contributed by atoms with Gasteiger partial charge in [0, 0.05) is 31.0 Å². The number of rotatable bonds is 5. The van der Waals surface area contributed by atoms with Crippen LogP contribution in [0.1, 0.15) is 18.9 Å². The van der Waals surface area contributed by atoms with Crippen LogP contribution in [0.15, 0.2) is 54.6 Å². The summed E-state index contributed by atoms with van der Waals surface area (Å²) in [5.74, 6) is 0.499. The quantitative estimate of drug-likeness (QED) is 0.876. The molecular weight excluding hydrogens is 298 g/mol. The van der Waals surface area contributed by atoms with Gasteiger partial charge in [0.05, 0.1) is 0 Å². The number of carbonyl (C=O) groups excluding carboxylic acids is 1. The monoisotopic (exact) mass is 323 g/mol. The first-order valence-electron chi connectivity index (χ1n) is 8.68. The largest absolute Gasteiger partial charge is 0.371 e. The Labute approximate surface area is 143 Å². The molecule has 1 aliphatic heterocycles. The molecule has 1 fully saturated rings. The Morgan fingerprint density at radius 2 is 1.88 bits per heavy atom. The fourth-order valence-electron chi connectivity index (χ4n) is 3.11. The van der Waals surface area contributed by atoms with Crippen LogP contribution in [0.4, 0.5) is 16.2 Å². The van der Waals surface area contributed by atoms with Crippen molar-refractivity contribution < 1.29 is 4.79 Å². The first kappa shape index (κ1) is 16.4. The van der Waals surface area contributed by atoms with Crippen molar-refractivity contribution in [3.8, 4) is 0 Å². The maximum atomic E-state index is 12.0. The second-order valence-electron chi connectivity index (χ2n) is 6.32. The summed E-state index contributed by atoms with van der Waals surface area (Å²) in [7, 11) is 0. The predicted molar refractivity (Wildman–Crippen MR) is 99.6 cm³/mol. The van der Waals surface area contributed by atoms with Crippen LogP contribution >= 0.6 is 0 Å². The van der Waals surface area contributed by atoms with Crippen LogP contribution in [0.2, 0.25) is 0 Å². The van der Waals surface area contributed by atoms with Gasteiger partial charge in [0.2, 0.25) is 0 Å². The van der Waals surface area contributed by atoms with Crippen molar-refractivity contribution in [3.05, 3.63) is 60.2 Å². The third-order valence-corrected chi connectivity index (χ3v) is 4.58. The molecule has 0 radical (unpaired) electrons. The van der Waals surface area contributed by atoms with Crippen molar-refractivity contribution >= 4 is 17.4 Å². The van der Waals surface area contributed by atoms with Crippen molar-refractivity contribution in [2.75, 3.05) is 29.9 Å². The number of benzene rings is 2. The molecule has 2 N–H and O–H groups in total. The number of para-hydroxylation sites is 1. The molecule has 4 heteroatoms. The molecule has 0 bridgehead atoms. The zero-order valence-electron chi connectivity index (χ0n) is 14.2. The highest BCUT2D eigenvalue weighted by atomic mass is 16.2. The SMILES string of the molecule is CCc1ccc(NC(=O)NCC2CCN(c3ccccc3)C2)cc1. The summed E-state index contributed by atoms with van der Waals surface area (Å²) < 4.78 is 0. The maximum Gasteiger partial charge on any atom is 0.319 e. The second kappa shape index (κ2) is 7.86. The lowest BCUT2D eigenvalue weighted by Gasteiger charge is -2.18. The van der Waals surface area contributed by atoms with E-state index in [9.17, 15) is 4.79 Å². The van der Waals surface area contributed by atoms with Crippen LogP contribution in [0.3, 0.4) is 0 Å². The average molecular weight is 323 g/mol. The third-order valence-electron chi connectivity index (χ3n) is 4.58. The molecule has 126 valence electrons. The van der Waals surface area contributed by atoms with E-state index in [1.807, 2.05) is 30.3 Å². The number of hydrogen-bond donors (Lipinski definition) is 2. The maximum absolute atomic E-state index is 12.0. The standard InChI is InChI=1S/C20H25N3O/c1-2-16-8-10-18(11-9-16)22-20(24)21-14-17-12-13-23(15-17)19-6-4-3-5-7-19/h3-11,17H,2,12-15H2,1H3,(H2,21,22,24). The number of amides is 2. The molecule has 3 rings (SSSR count). The van der Waals surface area contributed by atoms with Crippen molar-refractivity contribution in [2.45, 2.75) is 19.8 Å². The van der Waals surface area contributed by atoms with Gasteiger partial charge >= 0.3 is 6.03 Å². The van der Waals surface area contributed by atoms with Gasteiger partial charge in [-0.05, 0) is 48.6 Å². The molecule has 24 heavy (non-hydrogen) atoms. The number of carbonyl (C=O) groups is 1. The molecule has 1 atom stereocenters. The summed E-state index contributed by atoms with van der Waals surface area (Å²) in [5, 5.41) is 5.89. The fraction of sp³-hybridized carbons (Fsp3) is 0.350. The molecule has 2 amide bonds. The summed E-state index contributed by atoms with van der Waals surface area (Å²) in [6.45, 7) is 4.88. The molecular formula is C20H25N3O. The minimum absolute atomic E-state index is 0.127. The summed E-state index contributed by atoms with van der Waals surface area (Å²) in [6, 6.07) is 18.3. The lowest BCUT2D eigenvalue weighted by molar-refractivity contribution is 0.250.